The van der Waals surface area contributed by atoms with Gasteiger partial charge < -0.3 is 14.4 Å². The van der Waals surface area contributed by atoms with Gasteiger partial charge in [0.15, 0.2) is 0 Å². The lowest BCUT2D eigenvalue weighted by Crippen LogP contribution is -2.21. The Kier molecular flexibility index (Phi) is 5.20. The van der Waals surface area contributed by atoms with Crippen molar-refractivity contribution in [1.82, 2.24) is 19.9 Å². The van der Waals surface area contributed by atoms with Gasteiger partial charge in [0.05, 0.1) is 6.61 Å². The van der Waals surface area contributed by atoms with E-state index < -0.39 is 0 Å². The number of rotatable bonds is 6. The first-order valence-electron chi connectivity index (χ1n) is 8.16. The number of aryl methyl sites for hydroxylation is 2. The Hall–Kier alpha value is -2.28. The minimum atomic E-state index is 0.282. The summed E-state index contributed by atoms with van der Waals surface area (Å²) >= 11 is 0. The topological polar surface area (TPSA) is 73.3 Å². The maximum absolute atomic E-state index is 5.64. The van der Waals surface area contributed by atoms with Crippen LogP contribution in [0.1, 0.15) is 29.6 Å². The first-order chi connectivity index (χ1) is 11.7. The van der Waals surface area contributed by atoms with Crippen molar-refractivity contribution in [2.75, 3.05) is 38.3 Å². The molecule has 128 valence electrons. The molecular weight excluding hydrogens is 306 g/mol. The molecular formula is C17H23N5O2. The minimum absolute atomic E-state index is 0.282. The summed E-state index contributed by atoms with van der Waals surface area (Å²) < 4.78 is 10.7. The Balaban J connectivity index is 1.71. The summed E-state index contributed by atoms with van der Waals surface area (Å²) in [6.45, 7) is 6.78. The molecule has 0 amide bonds. The van der Waals surface area contributed by atoms with Crippen LogP contribution in [0.25, 0.3) is 0 Å². The lowest BCUT2D eigenvalue weighted by atomic mass is 10.1. The molecule has 2 aromatic heterocycles. The Morgan fingerprint density at radius 2 is 2.00 bits per heavy atom. The fourth-order valence-corrected chi connectivity index (χ4v) is 2.84. The van der Waals surface area contributed by atoms with Crippen molar-refractivity contribution in [3.8, 4) is 5.88 Å². The Labute approximate surface area is 142 Å². The van der Waals surface area contributed by atoms with Crippen molar-refractivity contribution in [1.29, 1.82) is 0 Å². The number of ether oxygens (including phenoxy) is 2. The number of hydrogen-bond donors (Lipinski definition) is 0. The molecule has 1 saturated heterocycles. The number of anilines is 1. The molecule has 7 nitrogen and oxygen atoms in total. The van der Waals surface area contributed by atoms with Gasteiger partial charge >= 0.3 is 0 Å². The molecule has 0 N–H and O–H groups in total. The van der Waals surface area contributed by atoms with Crippen molar-refractivity contribution >= 4 is 5.82 Å². The van der Waals surface area contributed by atoms with Gasteiger partial charge in [-0.3, -0.25) is 0 Å². The summed E-state index contributed by atoms with van der Waals surface area (Å²) in [5, 5.41) is 0. The van der Waals surface area contributed by atoms with Crippen LogP contribution in [-0.2, 0) is 4.74 Å². The molecule has 3 rings (SSSR count). The quantitative estimate of drug-likeness (QED) is 0.749. The lowest BCUT2D eigenvalue weighted by molar-refractivity contribution is 0.143. The van der Waals surface area contributed by atoms with E-state index >= 15 is 0 Å². The zero-order valence-corrected chi connectivity index (χ0v) is 14.4. The summed E-state index contributed by atoms with van der Waals surface area (Å²) in [6.07, 6.45) is 2.62. The lowest BCUT2D eigenvalue weighted by Gasteiger charge is -2.17. The van der Waals surface area contributed by atoms with Crippen LogP contribution in [0, 0.1) is 13.8 Å². The SMILES string of the molecule is COCCOc1cc(C)nc(C2CCN(c3cc(C)ncn3)C2)n1. The molecule has 0 aromatic carbocycles. The second-order valence-electron chi connectivity index (χ2n) is 6.00. The third kappa shape index (κ3) is 3.97. The molecule has 1 aliphatic heterocycles. The molecule has 0 bridgehead atoms. The summed E-state index contributed by atoms with van der Waals surface area (Å²) in [4.78, 5) is 20.0. The number of nitrogens with zero attached hydrogens (tertiary/aromatic N) is 5. The third-order valence-corrected chi connectivity index (χ3v) is 4.05. The van der Waals surface area contributed by atoms with Crippen molar-refractivity contribution in [2.24, 2.45) is 0 Å². The van der Waals surface area contributed by atoms with E-state index in [2.05, 4.69) is 24.8 Å². The van der Waals surface area contributed by atoms with Gasteiger partial charge in [0, 0.05) is 49.6 Å². The van der Waals surface area contributed by atoms with E-state index in [1.807, 2.05) is 26.0 Å². The summed E-state index contributed by atoms with van der Waals surface area (Å²) in [7, 11) is 1.65. The summed E-state index contributed by atoms with van der Waals surface area (Å²) in [5.41, 5.74) is 1.90. The first-order valence-corrected chi connectivity index (χ1v) is 8.16. The second-order valence-corrected chi connectivity index (χ2v) is 6.00. The molecule has 0 spiro atoms. The van der Waals surface area contributed by atoms with E-state index in [1.54, 1.807) is 13.4 Å². The molecule has 1 aliphatic rings. The van der Waals surface area contributed by atoms with Gasteiger partial charge in [-0.2, -0.15) is 4.98 Å². The molecule has 3 heterocycles. The van der Waals surface area contributed by atoms with Crippen molar-refractivity contribution in [3.63, 3.8) is 0 Å². The fourth-order valence-electron chi connectivity index (χ4n) is 2.84. The largest absolute Gasteiger partial charge is 0.475 e. The van der Waals surface area contributed by atoms with Gasteiger partial charge in [0.1, 0.15) is 24.6 Å². The summed E-state index contributed by atoms with van der Waals surface area (Å²) in [5.74, 6) is 2.71. The van der Waals surface area contributed by atoms with E-state index in [1.165, 1.54) is 0 Å². The highest BCUT2D eigenvalue weighted by Gasteiger charge is 2.27. The first kappa shape index (κ1) is 16.6. The van der Waals surface area contributed by atoms with Gasteiger partial charge in [0.25, 0.3) is 0 Å². The average Bonchev–Trinajstić information content (AvgIpc) is 3.05. The zero-order chi connectivity index (χ0) is 16.9. The molecule has 1 unspecified atom stereocenters. The number of aromatic nitrogens is 4. The van der Waals surface area contributed by atoms with Gasteiger partial charge in [-0.15, -0.1) is 0 Å². The molecule has 7 heteroatoms. The maximum atomic E-state index is 5.64. The van der Waals surface area contributed by atoms with Crippen LogP contribution in [0.5, 0.6) is 5.88 Å². The molecule has 1 fully saturated rings. The van der Waals surface area contributed by atoms with Crippen LogP contribution in [0.15, 0.2) is 18.5 Å². The Morgan fingerprint density at radius 1 is 1.12 bits per heavy atom. The van der Waals surface area contributed by atoms with Gasteiger partial charge in [-0.05, 0) is 20.3 Å². The van der Waals surface area contributed by atoms with Crippen molar-refractivity contribution in [2.45, 2.75) is 26.2 Å². The minimum Gasteiger partial charge on any atom is -0.475 e. The number of methoxy groups -OCH3 is 1. The Morgan fingerprint density at radius 3 is 2.79 bits per heavy atom. The van der Waals surface area contributed by atoms with Crippen LogP contribution < -0.4 is 9.64 Å². The molecule has 0 radical (unpaired) electrons. The molecule has 1 atom stereocenters. The van der Waals surface area contributed by atoms with E-state index in [0.29, 0.717) is 19.1 Å². The standard InChI is InChI=1S/C17H23N5O2/c1-12-8-15(19-11-18-12)22-5-4-14(10-22)17-20-13(2)9-16(21-17)24-7-6-23-3/h8-9,11,14H,4-7,10H2,1-3H3. The number of hydrogen-bond acceptors (Lipinski definition) is 7. The van der Waals surface area contributed by atoms with Crippen LogP contribution in [0.4, 0.5) is 5.82 Å². The maximum Gasteiger partial charge on any atom is 0.216 e. The van der Waals surface area contributed by atoms with E-state index in [4.69, 9.17) is 9.47 Å². The van der Waals surface area contributed by atoms with E-state index in [-0.39, 0.29) is 5.92 Å². The highest BCUT2D eigenvalue weighted by atomic mass is 16.5. The molecule has 24 heavy (non-hydrogen) atoms. The van der Waals surface area contributed by atoms with E-state index in [0.717, 1.165) is 42.5 Å². The predicted molar refractivity (Wildman–Crippen MR) is 90.5 cm³/mol. The Bertz CT molecular complexity index is 694. The average molecular weight is 329 g/mol. The van der Waals surface area contributed by atoms with Crippen LogP contribution in [0.2, 0.25) is 0 Å². The monoisotopic (exact) mass is 329 g/mol. The van der Waals surface area contributed by atoms with Gasteiger partial charge in [-0.1, -0.05) is 0 Å². The predicted octanol–water partition coefficient (Wildman–Crippen LogP) is 1.90. The van der Waals surface area contributed by atoms with Crippen molar-refractivity contribution < 1.29 is 9.47 Å². The summed E-state index contributed by atoms with van der Waals surface area (Å²) in [6, 6.07) is 3.87. The molecule has 2 aromatic rings. The van der Waals surface area contributed by atoms with Crippen molar-refractivity contribution in [3.05, 3.63) is 35.7 Å². The van der Waals surface area contributed by atoms with Gasteiger partial charge in [0.2, 0.25) is 5.88 Å². The van der Waals surface area contributed by atoms with E-state index in [9.17, 15) is 0 Å². The fraction of sp³-hybridized carbons (Fsp3) is 0.529. The third-order valence-electron chi connectivity index (χ3n) is 4.05. The van der Waals surface area contributed by atoms with Crippen LogP contribution in [0.3, 0.4) is 0 Å². The normalized spacial score (nSPS) is 17.3. The second kappa shape index (κ2) is 7.53. The molecule has 0 saturated carbocycles. The smallest absolute Gasteiger partial charge is 0.216 e. The van der Waals surface area contributed by atoms with Crippen LogP contribution in [-0.4, -0.2) is 53.3 Å². The molecule has 0 aliphatic carbocycles. The highest BCUT2D eigenvalue weighted by molar-refractivity contribution is 5.41. The zero-order valence-electron chi connectivity index (χ0n) is 14.4. The highest BCUT2D eigenvalue weighted by Crippen LogP contribution is 2.29. The van der Waals surface area contributed by atoms with Crippen LogP contribution >= 0.6 is 0 Å². The van der Waals surface area contributed by atoms with Gasteiger partial charge in [-0.25, -0.2) is 15.0 Å².